The molecule has 3 atom stereocenters. The second kappa shape index (κ2) is 5.60. The molecule has 126 valence electrons. The van der Waals surface area contributed by atoms with Crippen LogP contribution < -0.4 is 5.73 Å². The van der Waals surface area contributed by atoms with E-state index in [1.54, 1.807) is 0 Å². The van der Waals surface area contributed by atoms with Crippen LogP contribution in [0.1, 0.15) is 61.0 Å². The summed E-state index contributed by atoms with van der Waals surface area (Å²) < 4.78 is 0. The number of primary amides is 1. The maximum atomic E-state index is 11.7. The molecular weight excluding hydrogens is 288 g/mol. The van der Waals surface area contributed by atoms with Crippen LogP contribution in [-0.4, -0.2) is 41.1 Å². The minimum absolute atomic E-state index is 0.112. The molecule has 1 aliphatic heterocycles. The van der Waals surface area contributed by atoms with Crippen molar-refractivity contribution in [2.45, 2.75) is 63.0 Å². The molecule has 1 aliphatic carbocycles. The van der Waals surface area contributed by atoms with E-state index in [0.717, 1.165) is 44.2 Å². The summed E-state index contributed by atoms with van der Waals surface area (Å²) in [6.07, 6.45) is 4.66. The van der Waals surface area contributed by atoms with Crippen molar-refractivity contribution in [1.82, 2.24) is 4.90 Å². The highest BCUT2D eigenvalue weighted by molar-refractivity contribution is 5.93. The van der Waals surface area contributed by atoms with Crippen LogP contribution in [0.2, 0.25) is 0 Å². The van der Waals surface area contributed by atoms with E-state index >= 15 is 0 Å². The predicted octanol–water partition coefficient (Wildman–Crippen LogP) is 2.22. The Hall–Kier alpha value is -1.39. The number of aliphatic hydroxyl groups is 1. The number of likely N-dealkylation sites (tertiary alicyclic amines) is 1. The maximum absolute atomic E-state index is 11.7. The van der Waals surface area contributed by atoms with Crippen LogP contribution in [0.25, 0.3) is 0 Å². The smallest absolute Gasteiger partial charge is 0.248 e. The van der Waals surface area contributed by atoms with Gasteiger partial charge in [0, 0.05) is 17.0 Å². The second-order valence-corrected chi connectivity index (χ2v) is 7.36. The van der Waals surface area contributed by atoms with E-state index in [1.165, 1.54) is 5.56 Å². The van der Waals surface area contributed by atoms with Gasteiger partial charge in [-0.25, -0.2) is 0 Å². The summed E-state index contributed by atoms with van der Waals surface area (Å²) in [5.41, 5.74) is 7.45. The third-order valence-electron chi connectivity index (χ3n) is 6.52. The van der Waals surface area contributed by atoms with E-state index in [9.17, 15) is 9.90 Å². The molecule has 1 amide bonds. The summed E-state index contributed by atoms with van der Waals surface area (Å²) in [4.78, 5) is 13.9. The van der Waals surface area contributed by atoms with E-state index in [0.29, 0.717) is 5.56 Å². The number of amides is 1. The lowest BCUT2D eigenvalue weighted by Gasteiger charge is -2.54. The summed E-state index contributed by atoms with van der Waals surface area (Å²) in [6, 6.07) is 5.90. The molecule has 0 bridgehead atoms. The highest BCUT2D eigenvalue weighted by Gasteiger charge is 2.60. The number of rotatable bonds is 3. The Morgan fingerprint density at radius 2 is 2.13 bits per heavy atom. The number of carbonyl (C=O) groups is 1. The number of carbonyl (C=O) groups excluding carboxylic acids is 1. The van der Waals surface area contributed by atoms with Gasteiger partial charge < -0.3 is 15.7 Å². The number of benzene rings is 1. The Labute approximate surface area is 138 Å². The number of aryl methyl sites for hydroxylation is 1. The van der Waals surface area contributed by atoms with E-state index < -0.39 is 11.5 Å². The van der Waals surface area contributed by atoms with Crippen molar-refractivity contribution in [1.29, 1.82) is 0 Å². The van der Waals surface area contributed by atoms with Gasteiger partial charge in [-0.05, 0) is 75.9 Å². The molecule has 4 heteroatoms. The minimum Gasteiger partial charge on any atom is -0.387 e. The first-order valence-electron chi connectivity index (χ1n) is 8.71. The number of hydrogen-bond acceptors (Lipinski definition) is 3. The lowest BCUT2D eigenvalue weighted by Crippen LogP contribution is -2.64. The number of nitrogens with two attached hydrogens (primary N) is 1. The van der Waals surface area contributed by atoms with Crippen LogP contribution in [0.15, 0.2) is 18.2 Å². The topological polar surface area (TPSA) is 66.6 Å². The molecule has 1 saturated heterocycles. The van der Waals surface area contributed by atoms with Gasteiger partial charge in [0.25, 0.3) is 0 Å². The first-order chi connectivity index (χ1) is 10.9. The SMILES string of the molecule is CCc1ccc(C(N)=O)cc1[C@@]12CCCC1(O)C(C)N(C)CC2. The van der Waals surface area contributed by atoms with Crippen molar-refractivity contribution in [3.63, 3.8) is 0 Å². The summed E-state index contributed by atoms with van der Waals surface area (Å²) in [5, 5.41) is 11.6. The lowest BCUT2D eigenvalue weighted by molar-refractivity contribution is -0.110. The van der Waals surface area contributed by atoms with E-state index in [4.69, 9.17) is 5.73 Å². The monoisotopic (exact) mass is 316 g/mol. The van der Waals surface area contributed by atoms with Gasteiger partial charge in [0.15, 0.2) is 0 Å². The van der Waals surface area contributed by atoms with E-state index in [-0.39, 0.29) is 11.5 Å². The molecule has 0 aromatic heterocycles. The van der Waals surface area contributed by atoms with Gasteiger partial charge in [-0.1, -0.05) is 13.0 Å². The van der Waals surface area contributed by atoms with Gasteiger partial charge in [0.1, 0.15) is 0 Å². The fourth-order valence-corrected chi connectivity index (χ4v) is 4.98. The molecular formula is C19H28N2O2. The van der Waals surface area contributed by atoms with Gasteiger partial charge in [-0.3, -0.25) is 4.79 Å². The summed E-state index contributed by atoms with van der Waals surface area (Å²) >= 11 is 0. The number of hydrogen-bond donors (Lipinski definition) is 2. The largest absolute Gasteiger partial charge is 0.387 e. The zero-order chi connectivity index (χ0) is 16.8. The molecule has 1 aromatic carbocycles. The molecule has 2 fully saturated rings. The average Bonchev–Trinajstić information content (AvgIpc) is 2.90. The summed E-state index contributed by atoms with van der Waals surface area (Å²) in [5.74, 6) is -0.396. The molecule has 4 nitrogen and oxygen atoms in total. The molecule has 23 heavy (non-hydrogen) atoms. The Morgan fingerprint density at radius 3 is 2.78 bits per heavy atom. The van der Waals surface area contributed by atoms with Gasteiger partial charge >= 0.3 is 0 Å². The number of piperidine rings is 1. The zero-order valence-corrected chi connectivity index (χ0v) is 14.4. The summed E-state index contributed by atoms with van der Waals surface area (Å²) in [6.45, 7) is 5.22. The molecule has 0 spiro atoms. The Balaban J connectivity index is 2.19. The van der Waals surface area contributed by atoms with Gasteiger partial charge in [0.2, 0.25) is 5.91 Å². The van der Waals surface area contributed by atoms with Gasteiger partial charge in [-0.15, -0.1) is 0 Å². The van der Waals surface area contributed by atoms with Crippen molar-refractivity contribution in [2.75, 3.05) is 13.6 Å². The van der Waals surface area contributed by atoms with E-state index in [1.807, 2.05) is 18.2 Å². The minimum atomic E-state index is -0.736. The first kappa shape index (κ1) is 16.5. The maximum Gasteiger partial charge on any atom is 0.248 e. The normalized spacial score (nSPS) is 34.3. The molecule has 1 heterocycles. The van der Waals surface area contributed by atoms with Crippen LogP contribution in [0.5, 0.6) is 0 Å². The predicted molar refractivity (Wildman–Crippen MR) is 91.5 cm³/mol. The van der Waals surface area contributed by atoms with Crippen LogP contribution in [-0.2, 0) is 11.8 Å². The fourth-order valence-electron chi connectivity index (χ4n) is 4.98. The quantitative estimate of drug-likeness (QED) is 0.898. The second-order valence-electron chi connectivity index (χ2n) is 7.36. The van der Waals surface area contributed by atoms with Crippen molar-refractivity contribution in [3.05, 3.63) is 34.9 Å². The highest BCUT2D eigenvalue weighted by atomic mass is 16.3. The third kappa shape index (κ3) is 2.23. The van der Waals surface area contributed by atoms with E-state index in [2.05, 4.69) is 25.8 Å². The number of fused-ring (bicyclic) bond motifs is 1. The Kier molecular flexibility index (Phi) is 4.01. The van der Waals surface area contributed by atoms with Crippen molar-refractivity contribution in [3.8, 4) is 0 Å². The molecule has 0 radical (unpaired) electrons. The number of nitrogens with zero attached hydrogens (tertiary/aromatic N) is 1. The molecule has 3 N–H and O–H groups in total. The summed E-state index contributed by atoms with van der Waals surface area (Å²) in [7, 11) is 2.09. The molecule has 2 aliphatic rings. The molecule has 1 saturated carbocycles. The standard InChI is InChI=1S/C19H28N2O2/c1-4-14-6-7-15(17(20)22)12-16(14)18-8-5-9-19(18,23)13(2)21(3)11-10-18/h6-7,12-13,23H,4-5,8-11H2,1-3H3,(H2,20,22)/t13?,18-,19?/m0/s1. The molecule has 2 unspecified atom stereocenters. The average molecular weight is 316 g/mol. The third-order valence-corrected chi connectivity index (χ3v) is 6.52. The highest BCUT2D eigenvalue weighted by Crippen LogP contribution is 2.56. The van der Waals surface area contributed by atoms with Crippen molar-refractivity contribution < 1.29 is 9.90 Å². The Morgan fingerprint density at radius 1 is 1.39 bits per heavy atom. The fraction of sp³-hybridized carbons (Fsp3) is 0.632. The van der Waals surface area contributed by atoms with Gasteiger partial charge in [-0.2, -0.15) is 0 Å². The van der Waals surface area contributed by atoms with Gasteiger partial charge in [0.05, 0.1) is 5.60 Å². The van der Waals surface area contributed by atoms with Crippen molar-refractivity contribution >= 4 is 5.91 Å². The van der Waals surface area contributed by atoms with Crippen molar-refractivity contribution in [2.24, 2.45) is 5.73 Å². The van der Waals surface area contributed by atoms with Crippen LogP contribution in [0.4, 0.5) is 0 Å². The molecule has 3 rings (SSSR count). The number of likely N-dealkylation sites (N-methyl/N-ethyl adjacent to an activating group) is 1. The first-order valence-corrected chi connectivity index (χ1v) is 8.71. The lowest BCUT2D eigenvalue weighted by atomic mass is 9.61. The van der Waals surface area contributed by atoms with Crippen LogP contribution >= 0.6 is 0 Å². The van der Waals surface area contributed by atoms with Crippen LogP contribution in [0.3, 0.4) is 0 Å². The Bertz CT molecular complexity index is 630. The van der Waals surface area contributed by atoms with Crippen LogP contribution in [0, 0.1) is 0 Å². The molecule has 1 aromatic rings. The zero-order valence-electron chi connectivity index (χ0n) is 14.4.